The molecule has 0 aliphatic carbocycles. The Balaban J connectivity index is 1.62. The number of benzene rings is 2. The third-order valence-corrected chi connectivity index (χ3v) is 4.28. The molecule has 2 N–H and O–H groups in total. The maximum Gasteiger partial charge on any atom is 0.226 e. The number of nitrogens with two attached hydrogens (primary N) is 1. The van der Waals surface area contributed by atoms with E-state index in [0.717, 1.165) is 43.1 Å². The molecule has 0 atom stereocenters. The normalized spacial score (nSPS) is 11.0. The van der Waals surface area contributed by atoms with Gasteiger partial charge in [0.15, 0.2) is 0 Å². The Bertz CT molecular complexity index is 785. The monoisotopic (exact) mass is 351 g/mol. The van der Waals surface area contributed by atoms with Crippen LogP contribution in [0.5, 0.6) is 5.75 Å². The maximum absolute atomic E-state index is 5.78. The third kappa shape index (κ3) is 4.94. The summed E-state index contributed by atoms with van der Waals surface area (Å²) in [6.45, 7) is 3.12. The fraction of sp³-hybridized carbons (Fsp3) is 0.286. The molecule has 0 amide bonds. The highest BCUT2D eigenvalue weighted by Gasteiger charge is 2.11. The number of hydrogen-bond donors (Lipinski definition) is 1. The summed E-state index contributed by atoms with van der Waals surface area (Å²) < 4.78 is 10.8. The molecule has 0 saturated heterocycles. The minimum absolute atomic E-state index is 0.623. The van der Waals surface area contributed by atoms with Gasteiger partial charge in [0.25, 0.3) is 0 Å². The molecule has 0 fully saturated rings. The van der Waals surface area contributed by atoms with Gasteiger partial charge in [-0.05, 0) is 36.2 Å². The Hall–Kier alpha value is -2.63. The van der Waals surface area contributed by atoms with Gasteiger partial charge in [-0.15, -0.1) is 0 Å². The molecule has 0 spiro atoms. The number of oxazole rings is 1. The Morgan fingerprint density at radius 3 is 2.50 bits per heavy atom. The van der Waals surface area contributed by atoms with E-state index in [1.807, 2.05) is 30.3 Å². The van der Waals surface area contributed by atoms with Gasteiger partial charge >= 0.3 is 0 Å². The van der Waals surface area contributed by atoms with Gasteiger partial charge in [-0.25, -0.2) is 4.98 Å². The van der Waals surface area contributed by atoms with Crippen LogP contribution in [0.1, 0.15) is 11.3 Å². The Morgan fingerprint density at radius 2 is 1.81 bits per heavy atom. The lowest BCUT2D eigenvalue weighted by Crippen LogP contribution is -2.31. The van der Waals surface area contributed by atoms with Crippen LogP contribution in [0.4, 0.5) is 0 Å². The SMILES string of the molecule is COc1ccc(-c2nc(CN(CCN)CCc3ccccc3)co2)cc1. The first-order chi connectivity index (χ1) is 12.8. The molecule has 26 heavy (non-hydrogen) atoms. The van der Waals surface area contributed by atoms with Crippen LogP contribution in [0.25, 0.3) is 11.5 Å². The zero-order valence-electron chi connectivity index (χ0n) is 15.1. The molecule has 2 aromatic carbocycles. The van der Waals surface area contributed by atoms with E-state index < -0.39 is 0 Å². The summed E-state index contributed by atoms with van der Waals surface area (Å²) >= 11 is 0. The van der Waals surface area contributed by atoms with E-state index in [1.165, 1.54) is 5.56 Å². The van der Waals surface area contributed by atoms with E-state index >= 15 is 0 Å². The van der Waals surface area contributed by atoms with Crippen molar-refractivity contribution in [2.75, 3.05) is 26.7 Å². The predicted molar refractivity (Wildman–Crippen MR) is 103 cm³/mol. The van der Waals surface area contributed by atoms with Crippen molar-refractivity contribution in [3.63, 3.8) is 0 Å². The van der Waals surface area contributed by atoms with Crippen molar-refractivity contribution >= 4 is 0 Å². The molecule has 1 heterocycles. The average Bonchev–Trinajstić information content (AvgIpc) is 3.16. The van der Waals surface area contributed by atoms with Crippen LogP contribution in [0, 0.1) is 0 Å². The summed E-state index contributed by atoms with van der Waals surface area (Å²) in [5, 5.41) is 0. The van der Waals surface area contributed by atoms with Gasteiger partial charge in [0.2, 0.25) is 5.89 Å². The third-order valence-electron chi connectivity index (χ3n) is 4.28. The molecular formula is C21H25N3O2. The summed E-state index contributed by atoms with van der Waals surface area (Å²) in [4.78, 5) is 6.93. The molecule has 0 bridgehead atoms. The number of ether oxygens (including phenoxy) is 1. The van der Waals surface area contributed by atoms with Crippen LogP contribution in [-0.4, -0.2) is 36.6 Å². The fourth-order valence-corrected chi connectivity index (χ4v) is 2.86. The van der Waals surface area contributed by atoms with E-state index in [9.17, 15) is 0 Å². The molecule has 5 heteroatoms. The number of hydrogen-bond acceptors (Lipinski definition) is 5. The number of aromatic nitrogens is 1. The van der Waals surface area contributed by atoms with Gasteiger partial charge in [-0.2, -0.15) is 0 Å². The summed E-state index contributed by atoms with van der Waals surface area (Å²) in [7, 11) is 1.65. The summed E-state index contributed by atoms with van der Waals surface area (Å²) in [5.74, 6) is 1.44. The first-order valence-corrected chi connectivity index (χ1v) is 8.83. The highest BCUT2D eigenvalue weighted by molar-refractivity contribution is 5.54. The average molecular weight is 351 g/mol. The smallest absolute Gasteiger partial charge is 0.226 e. The molecule has 0 aliphatic heterocycles. The molecule has 5 nitrogen and oxygen atoms in total. The van der Waals surface area contributed by atoms with Crippen molar-refractivity contribution in [3.05, 3.63) is 72.1 Å². The molecule has 136 valence electrons. The van der Waals surface area contributed by atoms with E-state index in [-0.39, 0.29) is 0 Å². The quantitative estimate of drug-likeness (QED) is 0.640. The Morgan fingerprint density at radius 1 is 1.04 bits per heavy atom. The molecule has 0 aliphatic rings. The minimum atomic E-state index is 0.623. The van der Waals surface area contributed by atoms with Gasteiger partial charge in [-0.3, -0.25) is 4.90 Å². The highest BCUT2D eigenvalue weighted by Crippen LogP contribution is 2.22. The van der Waals surface area contributed by atoms with E-state index in [4.69, 9.17) is 14.9 Å². The van der Waals surface area contributed by atoms with Crippen LogP contribution in [0.2, 0.25) is 0 Å². The second-order valence-electron chi connectivity index (χ2n) is 6.17. The number of rotatable bonds is 9. The summed E-state index contributed by atoms with van der Waals surface area (Å²) in [6, 6.07) is 18.2. The lowest BCUT2D eigenvalue weighted by molar-refractivity contribution is 0.273. The van der Waals surface area contributed by atoms with Crippen molar-refractivity contribution < 1.29 is 9.15 Å². The predicted octanol–water partition coefficient (Wildman–Crippen LogP) is 3.35. The molecule has 3 rings (SSSR count). The topological polar surface area (TPSA) is 64.5 Å². The van der Waals surface area contributed by atoms with Crippen LogP contribution < -0.4 is 10.5 Å². The number of nitrogens with zero attached hydrogens (tertiary/aromatic N) is 2. The van der Waals surface area contributed by atoms with E-state index in [2.05, 4.69) is 34.1 Å². The largest absolute Gasteiger partial charge is 0.497 e. The molecule has 0 radical (unpaired) electrons. The van der Waals surface area contributed by atoms with Gasteiger partial charge in [0.1, 0.15) is 12.0 Å². The van der Waals surface area contributed by atoms with Crippen molar-refractivity contribution in [1.29, 1.82) is 0 Å². The van der Waals surface area contributed by atoms with E-state index in [0.29, 0.717) is 12.4 Å². The van der Waals surface area contributed by atoms with Crippen LogP contribution in [0.15, 0.2) is 65.3 Å². The standard InChI is InChI=1S/C21H25N3O2/c1-25-20-9-7-18(8-10-20)21-23-19(16-26-21)15-24(14-12-22)13-11-17-5-3-2-4-6-17/h2-10,16H,11-15,22H2,1H3. The van der Waals surface area contributed by atoms with Crippen molar-refractivity contribution in [1.82, 2.24) is 9.88 Å². The fourth-order valence-electron chi connectivity index (χ4n) is 2.86. The van der Waals surface area contributed by atoms with Crippen LogP contribution in [0.3, 0.4) is 0 Å². The zero-order chi connectivity index (χ0) is 18.2. The van der Waals surface area contributed by atoms with E-state index in [1.54, 1.807) is 13.4 Å². The molecule has 0 saturated carbocycles. The summed E-state index contributed by atoms with van der Waals surface area (Å²) in [6.07, 6.45) is 2.72. The van der Waals surface area contributed by atoms with Crippen molar-refractivity contribution in [2.24, 2.45) is 5.73 Å². The zero-order valence-corrected chi connectivity index (χ0v) is 15.1. The summed E-state index contributed by atoms with van der Waals surface area (Å²) in [5.41, 5.74) is 8.96. The maximum atomic E-state index is 5.78. The molecular weight excluding hydrogens is 326 g/mol. The molecule has 3 aromatic rings. The highest BCUT2D eigenvalue weighted by atomic mass is 16.5. The second kappa shape index (κ2) is 9.17. The van der Waals surface area contributed by atoms with Gasteiger partial charge < -0.3 is 14.9 Å². The first-order valence-electron chi connectivity index (χ1n) is 8.83. The van der Waals surface area contributed by atoms with Crippen LogP contribution >= 0.6 is 0 Å². The number of methoxy groups -OCH3 is 1. The lowest BCUT2D eigenvalue weighted by atomic mass is 10.1. The second-order valence-corrected chi connectivity index (χ2v) is 6.17. The lowest BCUT2D eigenvalue weighted by Gasteiger charge is -2.20. The van der Waals surface area contributed by atoms with Gasteiger partial charge in [0, 0.05) is 31.7 Å². The van der Waals surface area contributed by atoms with Gasteiger partial charge in [-0.1, -0.05) is 30.3 Å². The Labute approximate surface area is 154 Å². The minimum Gasteiger partial charge on any atom is -0.497 e. The Kier molecular flexibility index (Phi) is 6.41. The molecule has 0 unspecified atom stereocenters. The van der Waals surface area contributed by atoms with Crippen LogP contribution in [-0.2, 0) is 13.0 Å². The van der Waals surface area contributed by atoms with Gasteiger partial charge in [0.05, 0.1) is 12.8 Å². The van der Waals surface area contributed by atoms with Crippen molar-refractivity contribution in [3.8, 4) is 17.2 Å². The molecule has 1 aromatic heterocycles. The van der Waals surface area contributed by atoms with Crippen molar-refractivity contribution in [2.45, 2.75) is 13.0 Å². The first kappa shape index (κ1) is 18.2.